The number of para-hydroxylation sites is 1. The van der Waals surface area contributed by atoms with E-state index in [0.717, 1.165) is 16.4 Å². The van der Waals surface area contributed by atoms with Crippen LogP contribution in [0.2, 0.25) is 5.02 Å². The van der Waals surface area contributed by atoms with Gasteiger partial charge in [-0.05, 0) is 115 Å². The largest absolute Gasteiger partial charge is 0.508 e. The van der Waals surface area contributed by atoms with Crippen molar-refractivity contribution in [3.8, 4) is 11.5 Å². The predicted molar refractivity (Wildman–Crippen MR) is 212 cm³/mol. The number of fused-ring (bicyclic) bond motifs is 4. The molecule has 2 saturated heterocycles. The van der Waals surface area contributed by atoms with Gasteiger partial charge in [0.05, 0.1) is 41.7 Å². The van der Waals surface area contributed by atoms with E-state index in [1.54, 1.807) is 48.5 Å². The monoisotopic (exact) mass is 782 g/mol. The summed E-state index contributed by atoms with van der Waals surface area (Å²) < 4.78 is 19.5. The van der Waals surface area contributed by atoms with E-state index in [0.29, 0.717) is 38.8 Å². The average Bonchev–Trinajstić information content (AvgIpc) is 3.60. The number of phenols is 1. The van der Waals surface area contributed by atoms with E-state index in [1.165, 1.54) is 42.3 Å². The maximum atomic E-state index is 15.3. The minimum absolute atomic E-state index is 0.0514. The van der Waals surface area contributed by atoms with Gasteiger partial charge in [0.2, 0.25) is 11.8 Å². The Hall–Kier alpha value is -6.46. The summed E-state index contributed by atoms with van der Waals surface area (Å²) in [5.41, 5.74) is 5.14. The molecule has 57 heavy (non-hydrogen) atoms. The van der Waals surface area contributed by atoms with Crippen LogP contribution in [0.5, 0.6) is 11.5 Å². The van der Waals surface area contributed by atoms with Crippen LogP contribution in [0.4, 0.5) is 27.1 Å². The number of nitrogens with one attached hydrogen (secondary N) is 2. The molecule has 12 heteroatoms. The number of nitrogens with zero attached hydrogens (tertiary/aromatic N) is 2. The Balaban J connectivity index is 1.17. The lowest BCUT2D eigenvalue weighted by molar-refractivity contribution is -0.138. The molecule has 10 nitrogen and oxygen atoms in total. The molecule has 0 radical (unpaired) electrons. The van der Waals surface area contributed by atoms with Crippen LogP contribution in [0.25, 0.3) is 0 Å². The van der Waals surface area contributed by atoms with E-state index >= 15 is 4.79 Å². The van der Waals surface area contributed by atoms with Crippen LogP contribution in [0, 0.1) is 29.5 Å². The minimum atomic E-state index is -1.65. The Morgan fingerprint density at radius 3 is 2.18 bits per heavy atom. The molecule has 0 aromatic heterocycles. The summed E-state index contributed by atoms with van der Waals surface area (Å²) in [5.74, 6) is -6.40. The summed E-state index contributed by atoms with van der Waals surface area (Å²) >= 11 is 6.38. The maximum Gasteiger partial charge on any atom is 0.260 e. The minimum Gasteiger partial charge on any atom is -0.508 e. The molecule has 3 fully saturated rings. The number of hydrazine groups is 1. The van der Waals surface area contributed by atoms with Gasteiger partial charge < -0.3 is 15.2 Å². The second-order valence-electron chi connectivity index (χ2n) is 14.8. The van der Waals surface area contributed by atoms with E-state index < -0.39 is 58.5 Å². The average molecular weight is 783 g/mol. The zero-order chi connectivity index (χ0) is 39.6. The number of rotatable bonds is 8. The molecule has 5 aromatic rings. The lowest BCUT2D eigenvalue weighted by Gasteiger charge is -2.50. The van der Waals surface area contributed by atoms with Crippen LogP contribution in [-0.4, -0.2) is 40.9 Å². The van der Waals surface area contributed by atoms with Crippen molar-refractivity contribution in [1.29, 1.82) is 0 Å². The van der Waals surface area contributed by atoms with Crippen molar-refractivity contribution in [2.24, 2.45) is 23.7 Å². The number of anilines is 4. The van der Waals surface area contributed by atoms with Gasteiger partial charge in [-0.3, -0.25) is 29.5 Å². The molecule has 9 rings (SSSR count). The number of aromatic hydroxyl groups is 1. The number of carbonyl (C=O) groups is 4. The Morgan fingerprint density at radius 1 is 0.789 bits per heavy atom. The van der Waals surface area contributed by atoms with Gasteiger partial charge in [0.15, 0.2) is 0 Å². The first kappa shape index (κ1) is 36.2. The van der Waals surface area contributed by atoms with Crippen LogP contribution in [0.3, 0.4) is 0 Å². The number of hydrogen-bond acceptors (Lipinski definition) is 8. The summed E-state index contributed by atoms with van der Waals surface area (Å²) in [6.07, 6.45) is 2.17. The Morgan fingerprint density at radius 2 is 1.47 bits per heavy atom. The van der Waals surface area contributed by atoms with E-state index in [4.69, 9.17) is 16.3 Å². The van der Waals surface area contributed by atoms with Gasteiger partial charge in [-0.2, -0.15) is 5.01 Å². The zero-order valence-corrected chi connectivity index (χ0v) is 31.3. The number of methoxy groups -OCH3 is 1. The zero-order valence-electron chi connectivity index (χ0n) is 30.6. The van der Waals surface area contributed by atoms with Crippen LogP contribution in [-0.2, 0) is 24.6 Å². The molecule has 6 atom stereocenters. The number of allylic oxidation sites excluding steroid dienone is 2. The molecular formula is C45H36ClFN4O6. The first-order chi connectivity index (χ1) is 27.6. The number of carbonyl (C=O) groups excluding carboxylic acids is 4. The van der Waals surface area contributed by atoms with Crippen molar-refractivity contribution < 1.29 is 33.4 Å². The number of hydrogen-bond donors (Lipinski definition) is 3. The van der Waals surface area contributed by atoms with Crippen LogP contribution < -0.4 is 20.4 Å². The number of amides is 4. The molecule has 5 aromatic carbocycles. The van der Waals surface area contributed by atoms with Gasteiger partial charge in [-0.15, -0.1) is 0 Å². The van der Waals surface area contributed by atoms with Crippen molar-refractivity contribution in [1.82, 2.24) is 5.01 Å². The quantitative estimate of drug-likeness (QED) is 0.106. The number of imide groups is 2. The number of phenolic OH excluding ortho intramolecular Hbond substituents is 1. The molecule has 2 aliphatic heterocycles. The molecular weight excluding hydrogens is 747 g/mol. The molecule has 2 heterocycles. The third-order valence-electron chi connectivity index (χ3n) is 12.0. The van der Waals surface area contributed by atoms with Gasteiger partial charge in [-0.1, -0.05) is 53.6 Å². The molecule has 1 saturated carbocycles. The van der Waals surface area contributed by atoms with Crippen molar-refractivity contribution >= 4 is 58.0 Å². The Labute approximate surface area is 332 Å². The van der Waals surface area contributed by atoms with E-state index in [2.05, 4.69) is 10.7 Å². The molecule has 0 bridgehead atoms. The fourth-order valence-electron chi connectivity index (χ4n) is 9.53. The summed E-state index contributed by atoms with van der Waals surface area (Å²) in [7, 11) is 1.49. The lowest BCUT2D eigenvalue weighted by Crippen LogP contribution is -2.53. The maximum absolute atomic E-state index is 15.3. The summed E-state index contributed by atoms with van der Waals surface area (Å²) in [6.45, 7) is 0. The molecule has 2 aliphatic carbocycles. The van der Waals surface area contributed by atoms with Crippen molar-refractivity contribution in [3.63, 3.8) is 0 Å². The fourth-order valence-corrected chi connectivity index (χ4v) is 9.65. The third kappa shape index (κ3) is 5.75. The second kappa shape index (κ2) is 13.9. The topological polar surface area (TPSA) is 128 Å². The Bertz CT molecular complexity index is 2460. The first-order valence-electron chi connectivity index (χ1n) is 18.6. The summed E-state index contributed by atoms with van der Waals surface area (Å²) in [5, 5.41) is 16.4. The SMILES string of the molecule is COc1ccc(O)c([C@H]2C3=CC[C@@H]4C(=O)N(c5ccc(Nc6ccccc6)cc5)C(=O)[C@@H]4[C@@H]3C[C@H]3C(=O)N(Nc4ccc(F)cc4)C(=O)[C@@]23c2ccc(Cl)cc2)c1. The highest BCUT2D eigenvalue weighted by Crippen LogP contribution is 2.65. The van der Waals surface area contributed by atoms with Crippen molar-refractivity contribution in [2.75, 3.05) is 22.8 Å². The van der Waals surface area contributed by atoms with Gasteiger partial charge in [0.25, 0.3) is 11.8 Å². The predicted octanol–water partition coefficient (Wildman–Crippen LogP) is 8.13. The normalized spacial score (nSPS) is 25.1. The molecule has 4 aliphatic rings. The van der Waals surface area contributed by atoms with Crippen molar-refractivity contribution in [2.45, 2.75) is 24.2 Å². The van der Waals surface area contributed by atoms with Crippen molar-refractivity contribution in [3.05, 3.63) is 155 Å². The summed E-state index contributed by atoms with van der Waals surface area (Å²) in [4.78, 5) is 60.4. The van der Waals surface area contributed by atoms with Gasteiger partial charge in [0, 0.05) is 27.9 Å². The molecule has 0 unspecified atom stereocenters. The molecule has 0 spiro atoms. The van der Waals surface area contributed by atoms with Crippen LogP contribution in [0.1, 0.15) is 29.9 Å². The summed E-state index contributed by atoms with van der Waals surface area (Å²) in [6, 6.07) is 33.4. The standard InChI is InChI=1S/C45H36ClFN4O6/c1-57-32-19-22-38(52)36(23-32)40-33-20-21-34-39(43(55)50(41(34)53)31-17-15-29(16-18-31)48-28-5-3-2-4-6-28)35(33)24-37-42(54)51(49-30-13-11-27(47)12-14-30)44(56)45(37,40)25-7-9-26(46)10-8-25/h2-20,22-23,34-35,37,39-40,48-49,52H,21,24H2,1H3/t34-,35+,37-,39-,40+,45+/m0/s1. The molecule has 4 amide bonds. The van der Waals surface area contributed by atoms with E-state index in [9.17, 15) is 23.9 Å². The van der Waals surface area contributed by atoms with Gasteiger partial charge >= 0.3 is 0 Å². The highest BCUT2D eigenvalue weighted by atomic mass is 35.5. The first-order valence-corrected chi connectivity index (χ1v) is 19.0. The van der Waals surface area contributed by atoms with Crippen LogP contribution in [0.15, 0.2) is 133 Å². The highest BCUT2D eigenvalue weighted by molar-refractivity contribution is 6.30. The van der Waals surface area contributed by atoms with Gasteiger partial charge in [0.1, 0.15) is 17.3 Å². The smallest absolute Gasteiger partial charge is 0.260 e. The number of benzene rings is 5. The van der Waals surface area contributed by atoms with E-state index in [-0.39, 0.29) is 24.5 Å². The lowest BCUT2D eigenvalue weighted by atomic mass is 9.49. The third-order valence-corrected chi connectivity index (χ3v) is 12.2. The number of ether oxygens (including phenoxy) is 1. The molecule has 3 N–H and O–H groups in total. The fraction of sp³-hybridized carbons (Fsp3) is 0.200. The van der Waals surface area contributed by atoms with Crippen LogP contribution >= 0.6 is 11.6 Å². The van der Waals surface area contributed by atoms with Gasteiger partial charge in [-0.25, -0.2) is 4.39 Å². The Kier molecular flexibility index (Phi) is 8.85. The second-order valence-corrected chi connectivity index (χ2v) is 15.3. The number of halogens is 2. The van der Waals surface area contributed by atoms with E-state index in [1.807, 2.05) is 48.5 Å². The highest BCUT2D eigenvalue weighted by Gasteiger charge is 2.70. The molecule has 286 valence electrons.